The zero-order valence-corrected chi connectivity index (χ0v) is 18.2. The molecule has 1 amide bonds. The van der Waals surface area contributed by atoms with E-state index in [9.17, 15) is 13.2 Å². The third-order valence-electron chi connectivity index (χ3n) is 4.71. The van der Waals surface area contributed by atoms with Crippen LogP contribution in [-0.4, -0.2) is 35.1 Å². The fourth-order valence-electron chi connectivity index (χ4n) is 2.83. The highest BCUT2D eigenvalue weighted by Crippen LogP contribution is 2.29. The van der Waals surface area contributed by atoms with Gasteiger partial charge in [0.2, 0.25) is 15.9 Å². The van der Waals surface area contributed by atoms with Crippen LogP contribution in [0.5, 0.6) is 11.5 Å². The predicted octanol–water partition coefficient (Wildman–Crippen LogP) is 2.87. The molecule has 158 valence electrons. The van der Waals surface area contributed by atoms with Gasteiger partial charge in [-0.3, -0.25) is 4.79 Å². The maximum absolute atomic E-state index is 12.4. The summed E-state index contributed by atoms with van der Waals surface area (Å²) in [5.41, 5.74) is 2.69. The molecule has 29 heavy (non-hydrogen) atoms. The van der Waals surface area contributed by atoms with Gasteiger partial charge in [-0.25, -0.2) is 13.1 Å². The van der Waals surface area contributed by atoms with E-state index in [2.05, 4.69) is 10.0 Å². The number of methoxy groups -OCH3 is 2. The van der Waals surface area contributed by atoms with Crippen LogP contribution in [0, 0.1) is 13.8 Å². The largest absolute Gasteiger partial charge is 0.497 e. The van der Waals surface area contributed by atoms with Crippen LogP contribution in [0.1, 0.15) is 36.1 Å². The maximum Gasteiger partial charge on any atom is 0.240 e. The summed E-state index contributed by atoms with van der Waals surface area (Å²) in [5.74, 6) is 1.02. The molecule has 0 saturated carbocycles. The zero-order valence-electron chi connectivity index (χ0n) is 17.4. The first kappa shape index (κ1) is 22.7. The minimum absolute atomic E-state index is 0.00303. The summed E-state index contributed by atoms with van der Waals surface area (Å²) in [4.78, 5) is 12.5. The first-order chi connectivity index (χ1) is 13.7. The third-order valence-corrected chi connectivity index (χ3v) is 6.17. The maximum atomic E-state index is 12.4. The number of benzene rings is 2. The molecule has 0 radical (unpaired) electrons. The Bertz CT molecular complexity index is 973. The first-order valence-electron chi connectivity index (χ1n) is 9.26. The molecule has 0 fully saturated rings. The van der Waals surface area contributed by atoms with Gasteiger partial charge in [-0.15, -0.1) is 0 Å². The molecule has 0 unspecified atom stereocenters. The van der Waals surface area contributed by atoms with Crippen molar-refractivity contribution in [2.45, 2.75) is 38.1 Å². The van der Waals surface area contributed by atoms with E-state index in [4.69, 9.17) is 9.47 Å². The van der Waals surface area contributed by atoms with Crippen molar-refractivity contribution in [1.29, 1.82) is 0 Å². The van der Waals surface area contributed by atoms with E-state index in [1.54, 1.807) is 50.6 Å². The lowest BCUT2D eigenvalue weighted by Gasteiger charge is -2.18. The Hall–Kier alpha value is -2.58. The summed E-state index contributed by atoms with van der Waals surface area (Å²) < 4.78 is 37.8. The fraction of sp³-hybridized carbons (Fsp3) is 0.381. The summed E-state index contributed by atoms with van der Waals surface area (Å²) >= 11 is 0. The molecule has 8 heteroatoms. The molecule has 0 aliphatic heterocycles. The van der Waals surface area contributed by atoms with Gasteiger partial charge >= 0.3 is 0 Å². The minimum atomic E-state index is -3.66. The van der Waals surface area contributed by atoms with Crippen molar-refractivity contribution in [3.05, 3.63) is 53.1 Å². The Kier molecular flexibility index (Phi) is 7.64. The average Bonchev–Trinajstić information content (AvgIpc) is 2.69. The van der Waals surface area contributed by atoms with Gasteiger partial charge in [0.1, 0.15) is 11.5 Å². The number of sulfonamides is 1. The van der Waals surface area contributed by atoms with E-state index < -0.39 is 10.0 Å². The number of nitrogens with one attached hydrogen (secondary N) is 2. The highest BCUT2D eigenvalue weighted by Gasteiger charge is 2.17. The van der Waals surface area contributed by atoms with Crippen molar-refractivity contribution in [2.24, 2.45) is 0 Å². The van der Waals surface area contributed by atoms with Crippen LogP contribution in [0.2, 0.25) is 0 Å². The van der Waals surface area contributed by atoms with Crippen LogP contribution < -0.4 is 19.5 Å². The van der Waals surface area contributed by atoms with E-state index in [0.717, 1.165) is 16.7 Å². The van der Waals surface area contributed by atoms with Crippen molar-refractivity contribution < 1.29 is 22.7 Å². The second kappa shape index (κ2) is 9.76. The Labute approximate surface area is 172 Å². The SMILES string of the molecule is COc1ccc(OC)c([C@H](C)NC(=O)CCNS(=O)(=O)c2ccc(C)c(C)c2)c1. The number of hydrogen-bond acceptors (Lipinski definition) is 5. The molecule has 2 rings (SSSR count). The molecular weight excluding hydrogens is 392 g/mol. The number of carbonyl (C=O) groups excluding carboxylic acids is 1. The first-order valence-corrected chi connectivity index (χ1v) is 10.7. The lowest BCUT2D eigenvalue weighted by molar-refractivity contribution is -0.121. The third kappa shape index (κ3) is 5.95. The monoisotopic (exact) mass is 420 g/mol. The van der Waals surface area contributed by atoms with Gasteiger partial charge in [0.25, 0.3) is 0 Å². The topological polar surface area (TPSA) is 93.7 Å². The number of ether oxygens (including phenoxy) is 2. The van der Waals surface area contributed by atoms with Crippen LogP contribution in [0.3, 0.4) is 0 Å². The van der Waals surface area contributed by atoms with Gasteiger partial charge in [0.15, 0.2) is 0 Å². The van der Waals surface area contributed by atoms with E-state index >= 15 is 0 Å². The Morgan fingerprint density at radius 2 is 1.76 bits per heavy atom. The van der Waals surface area contributed by atoms with Gasteiger partial charge in [-0.1, -0.05) is 6.07 Å². The van der Waals surface area contributed by atoms with Gasteiger partial charge < -0.3 is 14.8 Å². The van der Waals surface area contributed by atoms with E-state index in [1.165, 1.54) is 0 Å². The Morgan fingerprint density at radius 3 is 2.38 bits per heavy atom. The van der Waals surface area contributed by atoms with Gasteiger partial charge in [0.05, 0.1) is 25.2 Å². The van der Waals surface area contributed by atoms with Crippen LogP contribution in [-0.2, 0) is 14.8 Å². The number of amides is 1. The van der Waals surface area contributed by atoms with Crippen molar-refractivity contribution >= 4 is 15.9 Å². The van der Waals surface area contributed by atoms with Crippen LogP contribution in [0.4, 0.5) is 0 Å². The molecule has 0 bridgehead atoms. The summed E-state index contributed by atoms with van der Waals surface area (Å²) in [6.45, 7) is 5.61. The van der Waals surface area contributed by atoms with Crippen molar-refractivity contribution in [3.63, 3.8) is 0 Å². The summed E-state index contributed by atoms with van der Waals surface area (Å²) in [5, 5.41) is 2.86. The lowest BCUT2D eigenvalue weighted by Crippen LogP contribution is -2.32. The van der Waals surface area contributed by atoms with Crippen LogP contribution in [0.15, 0.2) is 41.3 Å². The van der Waals surface area contributed by atoms with E-state index in [-0.39, 0.29) is 29.8 Å². The molecule has 0 aliphatic rings. The van der Waals surface area contributed by atoms with Crippen LogP contribution >= 0.6 is 0 Å². The predicted molar refractivity (Wildman–Crippen MR) is 112 cm³/mol. The summed E-state index contributed by atoms with van der Waals surface area (Å²) in [6, 6.07) is 9.96. The number of aryl methyl sites for hydroxylation is 2. The molecule has 1 atom stereocenters. The average molecular weight is 421 g/mol. The Balaban J connectivity index is 1.95. The van der Waals surface area contributed by atoms with Crippen molar-refractivity contribution in [3.8, 4) is 11.5 Å². The number of carbonyl (C=O) groups is 1. The van der Waals surface area contributed by atoms with Gasteiger partial charge in [-0.2, -0.15) is 0 Å². The lowest BCUT2D eigenvalue weighted by atomic mass is 10.1. The second-order valence-electron chi connectivity index (χ2n) is 6.79. The molecule has 0 aliphatic carbocycles. The van der Waals surface area contributed by atoms with Crippen molar-refractivity contribution in [2.75, 3.05) is 20.8 Å². The van der Waals surface area contributed by atoms with E-state index in [1.807, 2.05) is 20.8 Å². The molecule has 0 heterocycles. The number of rotatable bonds is 9. The highest BCUT2D eigenvalue weighted by molar-refractivity contribution is 7.89. The fourth-order valence-corrected chi connectivity index (χ4v) is 3.95. The van der Waals surface area contributed by atoms with Gasteiger partial charge in [-0.05, 0) is 62.2 Å². The van der Waals surface area contributed by atoms with E-state index in [0.29, 0.717) is 11.5 Å². The molecule has 2 aromatic rings. The number of hydrogen-bond donors (Lipinski definition) is 2. The molecular formula is C21H28N2O5S. The quantitative estimate of drug-likeness (QED) is 0.651. The highest BCUT2D eigenvalue weighted by atomic mass is 32.2. The summed E-state index contributed by atoms with van der Waals surface area (Å²) in [7, 11) is -0.539. The molecule has 2 aromatic carbocycles. The molecule has 0 saturated heterocycles. The standard InChI is InChI=1S/C21H28N2O5S/c1-14-6-8-18(12-15(14)2)29(25,26)22-11-10-21(24)23-16(3)19-13-17(27-4)7-9-20(19)28-5/h6-9,12-13,16,22H,10-11H2,1-5H3,(H,23,24)/t16-/m0/s1. The molecule has 0 spiro atoms. The summed E-state index contributed by atoms with van der Waals surface area (Å²) in [6.07, 6.45) is 0.0146. The minimum Gasteiger partial charge on any atom is -0.497 e. The smallest absolute Gasteiger partial charge is 0.240 e. The molecule has 7 nitrogen and oxygen atoms in total. The van der Waals surface area contributed by atoms with Gasteiger partial charge in [0, 0.05) is 18.5 Å². The van der Waals surface area contributed by atoms with Crippen LogP contribution in [0.25, 0.3) is 0 Å². The zero-order chi connectivity index (χ0) is 21.6. The van der Waals surface area contributed by atoms with Crippen molar-refractivity contribution in [1.82, 2.24) is 10.0 Å². The second-order valence-corrected chi connectivity index (χ2v) is 8.56. The Morgan fingerprint density at radius 1 is 1.03 bits per heavy atom. The normalized spacial score (nSPS) is 12.3. The molecule has 0 aromatic heterocycles. The molecule has 2 N–H and O–H groups in total.